The van der Waals surface area contributed by atoms with Gasteiger partial charge in [-0.3, -0.25) is 4.90 Å². The van der Waals surface area contributed by atoms with Crippen LogP contribution in [-0.2, 0) is 19.6 Å². The zero-order chi connectivity index (χ0) is 15.6. The Morgan fingerprint density at radius 2 is 1.87 bits per heavy atom. The van der Waals surface area contributed by atoms with Gasteiger partial charge in [-0.25, -0.2) is 0 Å². The van der Waals surface area contributed by atoms with Crippen molar-refractivity contribution in [3.8, 4) is 0 Å². The van der Waals surface area contributed by atoms with E-state index in [1.54, 1.807) is 0 Å². The summed E-state index contributed by atoms with van der Waals surface area (Å²) >= 11 is 0. The lowest BCUT2D eigenvalue weighted by Gasteiger charge is -2.45. The summed E-state index contributed by atoms with van der Waals surface area (Å²) in [5, 5.41) is 9.63. The number of benzene rings is 2. The van der Waals surface area contributed by atoms with Crippen molar-refractivity contribution in [1.82, 2.24) is 4.90 Å². The van der Waals surface area contributed by atoms with Gasteiger partial charge < -0.3 is 5.11 Å². The highest BCUT2D eigenvalue weighted by molar-refractivity contribution is 5.40. The summed E-state index contributed by atoms with van der Waals surface area (Å²) in [6.45, 7) is 2.45. The van der Waals surface area contributed by atoms with E-state index in [4.69, 9.17) is 0 Å². The Morgan fingerprint density at radius 1 is 1.00 bits per heavy atom. The molecule has 0 bridgehead atoms. The number of hydrogen-bond acceptors (Lipinski definition) is 2. The van der Waals surface area contributed by atoms with Crippen LogP contribution in [0.3, 0.4) is 0 Å². The minimum absolute atomic E-state index is 0.175. The summed E-state index contributed by atoms with van der Waals surface area (Å²) in [7, 11) is 0. The molecule has 0 radical (unpaired) electrons. The van der Waals surface area contributed by atoms with Gasteiger partial charge in [0.25, 0.3) is 0 Å². The molecule has 2 heteroatoms. The quantitative estimate of drug-likeness (QED) is 0.930. The van der Waals surface area contributed by atoms with Crippen molar-refractivity contribution in [2.45, 2.75) is 50.8 Å². The molecule has 2 atom stereocenters. The van der Waals surface area contributed by atoms with Crippen molar-refractivity contribution in [3.63, 3.8) is 0 Å². The maximum atomic E-state index is 9.63. The third-order valence-corrected chi connectivity index (χ3v) is 5.69. The fourth-order valence-electron chi connectivity index (χ4n) is 4.63. The highest BCUT2D eigenvalue weighted by Gasteiger charge is 2.36. The largest absolute Gasteiger partial charge is 0.392 e. The fourth-order valence-corrected chi connectivity index (χ4v) is 4.63. The van der Waals surface area contributed by atoms with Crippen LogP contribution in [0.4, 0.5) is 0 Å². The zero-order valence-electron chi connectivity index (χ0n) is 13.6. The molecule has 2 aliphatic rings. The minimum Gasteiger partial charge on any atom is -0.392 e. The van der Waals surface area contributed by atoms with E-state index in [0.717, 1.165) is 18.5 Å². The molecule has 0 spiro atoms. The van der Waals surface area contributed by atoms with Crippen LogP contribution in [0.1, 0.15) is 47.4 Å². The predicted octanol–water partition coefficient (Wildman–Crippen LogP) is 3.87. The molecule has 4 rings (SSSR count). The Kier molecular flexibility index (Phi) is 4.19. The molecule has 0 amide bonds. The van der Waals surface area contributed by atoms with Crippen LogP contribution in [0.25, 0.3) is 0 Å². The van der Waals surface area contributed by atoms with E-state index >= 15 is 0 Å². The lowest BCUT2D eigenvalue weighted by molar-refractivity contribution is 0.104. The summed E-state index contributed by atoms with van der Waals surface area (Å²) < 4.78 is 0. The first-order chi connectivity index (χ1) is 11.4. The monoisotopic (exact) mass is 307 g/mol. The third-order valence-electron chi connectivity index (χ3n) is 5.69. The second-order valence-electron chi connectivity index (χ2n) is 6.95. The summed E-state index contributed by atoms with van der Waals surface area (Å²) in [4.78, 5) is 2.69. The molecule has 2 nitrogen and oxygen atoms in total. The van der Waals surface area contributed by atoms with Crippen LogP contribution < -0.4 is 0 Å². The van der Waals surface area contributed by atoms with Crippen LogP contribution in [-0.4, -0.2) is 22.6 Å². The zero-order valence-corrected chi connectivity index (χ0v) is 13.6. The smallest absolute Gasteiger partial charge is 0.0684 e. The van der Waals surface area contributed by atoms with Gasteiger partial charge in [0.2, 0.25) is 0 Å². The summed E-state index contributed by atoms with van der Waals surface area (Å²) in [5.74, 6) is 0.641. The molecule has 1 fully saturated rings. The second kappa shape index (κ2) is 6.46. The van der Waals surface area contributed by atoms with Crippen LogP contribution in [0, 0.1) is 0 Å². The van der Waals surface area contributed by atoms with Gasteiger partial charge in [-0.05, 0) is 60.4 Å². The molecule has 1 N–H and O–H groups in total. The number of nitrogens with zero attached hydrogens (tertiary/aromatic N) is 1. The van der Waals surface area contributed by atoms with Crippen molar-refractivity contribution in [3.05, 3.63) is 70.8 Å². The first-order valence-corrected chi connectivity index (χ1v) is 8.86. The van der Waals surface area contributed by atoms with Crippen molar-refractivity contribution in [1.29, 1.82) is 0 Å². The van der Waals surface area contributed by atoms with Gasteiger partial charge in [-0.1, -0.05) is 48.5 Å². The Balaban J connectivity index is 1.61. The molecule has 0 saturated carbocycles. The predicted molar refractivity (Wildman–Crippen MR) is 93.3 cm³/mol. The van der Waals surface area contributed by atoms with Crippen LogP contribution in [0.15, 0.2) is 48.5 Å². The molecule has 0 unspecified atom stereocenters. The number of fused-ring (bicyclic) bond motifs is 3. The van der Waals surface area contributed by atoms with Gasteiger partial charge in [-0.15, -0.1) is 0 Å². The number of rotatable bonds is 3. The van der Waals surface area contributed by atoms with Crippen LogP contribution in [0.5, 0.6) is 0 Å². The molecule has 2 aromatic carbocycles. The molecule has 1 aliphatic heterocycles. The maximum Gasteiger partial charge on any atom is 0.0684 e. The average molecular weight is 307 g/mol. The van der Waals surface area contributed by atoms with Gasteiger partial charge in [-0.2, -0.15) is 0 Å². The Labute approximate surface area is 138 Å². The molecule has 1 saturated heterocycles. The first-order valence-electron chi connectivity index (χ1n) is 8.86. The summed E-state index contributed by atoms with van der Waals surface area (Å²) in [6.07, 6.45) is 4.90. The Bertz CT molecular complexity index is 667. The molecule has 1 aliphatic carbocycles. The van der Waals surface area contributed by atoms with Gasteiger partial charge >= 0.3 is 0 Å². The number of aliphatic hydroxyl groups is 1. The van der Waals surface area contributed by atoms with E-state index in [1.165, 1.54) is 42.5 Å². The number of piperidine rings is 1. The lowest BCUT2D eigenvalue weighted by Crippen LogP contribution is -2.46. The second-order valence-corrected chi connectivity index (χ2v) is 6.95. The molecule has 2 aromatic rings. The molecular formula is C21H25NO. The van der Waals surface area contributed by atoms with E-state index in [-0.39, 0.29) is 6.61 Å². The molecule has 23 heavy (non-hydrogen) atoms. The fraction of sp³-hybridized carbons (Fsp3) is 0.429. The van der Waals surface area contributed by atoms with Gasteiger partial charge in [0.15, 0.2) is 0 Å². The number of likely N-dealkylation sites (tertiary alicyclic amines) is 1. The molecule has 1 heterocycles. The normalized spacial score (nSPS) is 24.0. The average Bonchev–Trinajstić information content (AvgIpc) is 2.62. The Hall–Kier alpha value is -1.64. The topological polar surface area (TPSA) is 23.5 Å². The molecular weight excluding hydrogens is 282 g/mol. The van der Waals surface area contributed by atoms with Gasteiger partial charge in [0.05, 0.1) is 6.61 Å². The van der Waals surface area contributed by atoms with Gasteiger partial charge in [0.1, 0.15) is 0 Å². The highest BCUT2D eigenvalue weighted by atomic mass is 16.3. The van der Waals surface area contributed by atoms with Crippen molar-refractivity contribution in [2.24, 2.45) is 0 Å². The standard InChI is InChI=1S/C21H25NO/c23-15-17-8-4-9-19-18(17)11-12-21-20(19)10-5-13-22(21)14-16-6-2-1-3-7-16/h1-4,6-9,20-21,23H,5,10-15H2/t20-,21-/m0/s1. The third kappa shape index (κ3) is 2.82. The van der Waals surface area contributed by atoms with Crippen molar-refractivity contribution in [2.75, 3.05) is 6.54 Å². The number of aliphatic hydroxyl groups excluding tert-OH is 1. The summed E-state index contributed by atoms with van der Waals surface area (Å²) in [6, 6.07) is 18.0. The van der Waals surface area contributed by atoms with Crippen molar-refractivity contribution < 1.29 is 5.11 Å². The van der Waals surface area contributed by atoms with E-state index in [9.17, 15) is 5.11 Å². The van der Waals surface area contributed by atoms with E-state index < -0.39 is 0 Å². The first kappa shape index (κ1) is 14.9. The SMILES string of the molecule is OCc1cccc2c1CC[C@H]1[C@H]2CCCN1Cc1ccccc1. The van der Waals surface area contributed by atoms with E-state index in [0.29, 0.717) is 12.0 Å². The summed E-state index contributed by atoms with van der Waals surface area (Å²) in [5.41, 5.74) is 5.49. The van der Waals surface area contributed by atoms with Crippen LogP contribution >= 0.6 is 0 Å². The molecule has 0 aromatic heterocycles. The van der Waals surface area contributed by atoms with E-state index in [1.807, 2.05) is 0 Å². The maximum absolute atomic E-state index is 9.63. The van der Waals surface area contributed by atoms with E-state index in [2.05, 4.69) is 53.4 Å². The van der Waals surface area contributed by atoms with Crippen molar-refractivity contribution >= 4 is 0 Å². The highest BCUT2D eigenvalue weighted by Crippen LogP contribution is 2.42. The van der Waals surface area contributed by atoms with Crippen LogP contribution in [0.2, 0.25) is 0 Å². The number of hydrogen-bond donors (Lipinski definition) is 1. The van der Waals surface area contributed by atoms with Gasteiger partial charge in [0, 0.05) is 12.6 Å². The Morgan fingerprint density at radius 3 is 2.70 bits per heavy atom. The minimum atomic E-state index is 0.175. The molecule has 120 valence electrons. The lowest BCUT2D eigenvalue weighted by atomic mass is 9.73.